The van der Waals surface area contributed by atoms with Crippen molar-refractivity contribution < 1.29 is 32.3 Å². The van der Waals surface area contributed by atoms with Gasteiger partial charge in [0.15, 0.2) is 11.7 Å². The maximum atomic E-state index is 13.2. The summed E-state index contributed by atoms with van der Waals surface area (Å²) in [4.78, 5) is 50.8. The number of piperazine rings is 1. The lowest BCUT2D eigenvalue weighted by molar-refractivity contribution is -0.168. The van der Waals surface area contributed by atoms with Crippen LogP contribution in [0.25, 0.3) is 0 Å². The molecule has 200 valence electrons. The van der Waals surface area contributed by atoms with Gasteiger partial charge in [0.05, 0.1) is 49.8 Å². The lowest BCUT2D eigenvalue weighted by atomic mass is 10.0. The van der Waals surface area contributed by atoms with Gasteiger partial charge in [-0.05, 0) is 28.9 Å². The Kier molecular flexibility index (Phi) is 7.83. The quantitative estimate of drug-likeness (QED) is 0.502. The molecule has 0 bridgehead atoms. The molecule has 3 atom stereocenters. The monoisotopic (exact) mass is 587 g/mol. The highest BCUT2D eigenvalue weighted by atomic mass is 79.9. The summed E-state index contributed by atoms with van der Waals surface area (Å²) in [6, 6.07) is 0.589. The molecule has 0 spiro atoms. The lowest BCUT2D eigenvalue weighted by Gasteiger charge is -2.46. The van der Waals surface area contributed by atoms with Gasteiger partial charge in [0, 0.05) is 30.8 Å². The van der Waals surface area contributed by atoms with Crippen LogP contribution in [0.2, 0.25) is 0 Å². The number of aromatic nitrogens is 1. The van der Waals surface area contributed by atoms with E-state index in [2.05, 4.69) is 31.0 Å². The topological polar surface area (TPSA) is 120 Å². The zero-order valence-electron chi connectivity index (χ0n) is 20.0. The third-order valence-corrected chi connectivity index (χ3v) is 6.68. The van der Waals surface area contributed by atoms with Gasteiger partial charge in [-0.3, -0.25) is 19.4 Å². The van der Waals surface area contributed by atoms with Crippen molar-refractivity contribution in [2.24, 2.45) is 16.0 Å². The minimum atomic E-state index is -4.80. The van der Waals surface area contributed by atoms with Gasteiger partial charge in [0.25, 0.3) is 11.8 Å². The van der Waals surface area contributed by atoms with Crippen LogP contribution >= 0.6 is 15.9 Å². The number of halogens is 4. The number of carbonyl (C=O) groups excluding carboxylic acids is 3. The van der Waals surface area contributed by atoms with E-state index in [1.54, 1.807) is 23.6 Å². The highest BCUT2D eigenvalue weighted by Gasteiger charge is 2.49. The summed E-state index contributed by atoms with van der Waals surface area (Å²) >= 11 is 3.37. The van der Waals surface area contributed by atoms with Crippen molar-refractivity contribution in [3.63, 3.8) is 0 Å². The summed E-state index contributed by atoms with van der Waals surface area (Å²) in [6.07, 6.45) is -2.22. The van der Waals surface area contributed by atoms with Crippen LogP contribution in [0.5, 0.6) is 0 Å². The first-order chi connectivity index (χ1) is 17.5. The Morgan fingerprint density at radius 3 is 2.84 bits per heavy atom. The molecule has 4 heterocycles. The van der Waals surface area contributed by atoms with Crippen molar-refractivity contribution in [3.05, 3.63) is 16.7 Å². The highest BCUT2D eigenvalue weighted by Crippen LogP contribution is 2.36. The highest BCUT2D eigenvalue weighted by molar-refractivity contribution is 9.10. The Balaban J connectivity index is 1.28. The molecular formula is C22H25BrF3N7O4. The molecule has 11 nitrogen and oxygen atoms in total. The first-order valence-corrected chi connectivity index (χ1v) is 12.3. The van der Waals surface area contributed by atoms with Crippen LogP contribution in [-0.4, -0.2) is 97.7 Å². The summed E-state index contributed by atoms with van der Waals surface area (Å²) in [5, 5.41) is 3.40. The number of alkyl halides is 3. The summed E-state index contributed by atoms with van der Waals surface area (Å²) in [5.41, 5.74) is 2.00. The number of hydrogen-bond donors (Lipinski definition) is 1. The Bertz CT molecular complexity index is 1150. The van der Waals surface area contributed by atoms with E-state index in [1.165, 1.54) is 11.8 Å². The number of nitrogens with zero attached hydrogens (tertiary/aromatic N) is 6. The van der Waals surface area contributed by atoms with Gasteiger partial charge in [-0.25, -0.2) is 10.4 Å². The molecule has 15 heteroatoms. The number of pyridine rings is 1. The first-order valence-electron chi connectivity index (χ1n) is 11.5. The maximum absolute atomic E-state index is 13.2. The number of rotatable bonds is 6. The van der Waals surface area contributed by atoms with Crippen LogP contribution < -0.4 is 15.2 Å². The van der Waals surface area contributed by atoms with E-state index in [-0.39, 0.29) is 38.0 Å². The molecule has 1 saturated heterocycles. The number of nitrogens with one attached hydrogen (secondary N) is 1. The van der Waals surface area contributed by atoms with Crippen LogP contribution in [0, 0.1) is 5.92 Å². The van der Waals surface area contributed by atoms with Gasteiger partial charge in [-0.2, -0.15) is 18.3 Å². The molecule has 0 saturated carbocycles. The average Bonchev–Trinajstić information content (AvgIpc) is 2.84. The molecule has 0 aliphatic carbocycles. The number of amides is 3. The molecule has 4 rings (SSSR count). The Hall–Kier alpha value is -3.07. The second-order valence-electron chi connectivity index (χ2n) is 8.88. The number of anilines is 2. The standard InChI is InChI=1S/C22H25BrF3N7O4/c1-12(29-14-9-28-30-20(35)18(14)22(24,25)26)11-37-6-3-17(34)32-4-5-33-16(10-32)21(36)31(2)15-7-13(23)8-27-19(15)33/h7-9,12,16,18H,3-6,10-11H2,1-2H3,(H,30,35)/t12-,16-,18?/m0/s1. The smallest absolute Gasteiger partial charge is 0.379 e. The van der Waals surface area contributed by atoms with Gasteiger partial charge < -0.3 is 19.4 Å². The number of carbonyl (C=O) groups is 3. The van der Waals surface area contributed by atoms with Crippen LogP contribution in [0.4, 0.5) is 24.7 Å². The first kappa shape index (κ1) is 27.0. The van der Waals surface area contributed by atoms with Crippen molar-refractivity contribution in [1.82, 2.24) is 15.3 Å². The average molecular weight is 588 g/mol. The molecular weight excluding hydrogens is 563 g/mol. The fourth-order valence-electron chi connectivity index (χ4n) is 4.43. The van der Waals surface area contributed by atoms with Crippen LogP contribution in [0.1, 0.15) is 13.3 Å². The molecule has 3 aliphatic rings. The minimum absolute atomic E-state index is 0.0302. The Labute approximate surface area is 218 Å². The van der Waals surface area contributed by atoms with Gasteiger partial charge in [-0.15, -0.1) is 0 Å². The fraction of sp³-hybridized carbons (Fsp3) is 0.545. The van der Waals surface area contributed by atoms with Crippen molar-refractivity contribution in [3.8, 4) is 0 Å². The molecule has 0 radical (unpaired) electrons. The second kappa shape index (κ2) is 10.7. The van der Waals surface area contributed by atoms with Crippen molar-refractivity contribution in [2.45, 2.75) is 31.6 Å². The van der Waals surface area contributed by atoms with Crippen molar-refractivity contribution in [2.75, 3.05) is 49.7 Å². The Morgan fingerprint density at radius 1 is 1.35 bits per heavy atom. The third kappa shape index (κ3) is 5.76. The summed E-state index contributed by atoms with van der Waals surface area (Å²) in [5.74, 6) is -3.32. The van der Waals surface area contributed by atoms with Crippen molar-refractivity contribution >= 4 is 57.1 Å². The predicted molar refractivity (Wildman–Crippen MR) is 132 cm³/mol. The molecule has 3 amide bonds. The van der Waals surface area contributed by atoms with Crippen LogP contribution in [-0.2, 0) is 19.1 Å². The zero-order chi connectivity index (χ0) is 26.9. The van der Waals surface area contributed by atoms with E-state index in [0.717, 1.165) is 10.7 Å². The zero-order valence-corrected chi connectivity index (χ0v) is 21.6. The van der Waals surface area contributed by atoms with E-state index in [4.69, 9.17) is 4.74 Å². The van der Waals surface area contributed by atoms with Gasteiger partial charge >= 0.3 is 6.18 Å². The molecule has 1 aromatic rings. The number of fused-ring (bicyclic) bond motifs is 3. The van der Waals surface area contributed by atoms with Gasteiger partial charge in [0.2, 0.25) is 5.91 Å². The number of hydrazone groups is 1. The second-order valence-corrected chi connectivity index (χ2v) is 9.79. The number of aliphatic imine (C=N–C) groups is 1. The van der Waals surface area contributed by atoms with Crippen molar-refractivity contribution in [1.29, 1.82) is 0 Å². The maximum Gasteiger partial charge on any atom is 0.406 e. The summed E-state index contributed by atoms with van der Waals surface area (Å²) in [7, 11) is 1.67. The SMILES string of the molecule is C[C@@H](COCCC(=O)N1CCN2c3ncc(Br)cc3N(C)C(=O)[C@@H]2C1)N=C1C=NNC(=O)C1C(F)(F)F. The van der Waals surface area contributed by atoms with E-state index in [9.17, 15) is 27.6 Å². The number of hydrogen-bond acceptors (Lipinski definition) is 8. The molecule has 1 unspecified atom stereocenters. The van der Waals surface area contributed by atoms with E-state index < -0.39 is 35.8 Å². The molecule has 0 aromatic carbocycles. The molecule has 1 N–H and O–H groups in total. The fourth-order valence-corrected chi connectivity index (χ4v) is 4.75. The van der Waals surface area contributed by atoms with Crippen LogP contribution in [0.15, 0.2) is 26.8 Å². The molecule has 3 aliphatic heterocycles. The lowest BCUT2D eigenvalue weighted by Crippen LogP contribution is -2.63. The Morgan fingerprint density at radius 2 is 2.11 bits per heavy atom. The summed E-state index contributed by atoms with van der Waals surface area (Å²) < 4.78 is 45.8. The number of likely N-dealkylation sites (N-methyl/N-ethyl adjacent to an activating group) is 1. The van der Waals surface area contributed by atoms with Gasteiger partial charge in [-0.1, -0.05) is 0 Å². The summed E-state index contributed by atoms with van der Waals surface area (Å²) in [6.45, 7) is 2.59. The van der Waals surface area contributed by atoms with E-state index in [1.807, 2.05) is 11.0 Å². The van der Waals surface area contributed by atoms with E-state index >= 15 is 0 Å². The predicted octanol–water partition coefficient (Wildman–Crippen LogP) is 1.37. The molecule has 37 heavy (non-hydrogen) atoms. The van der Waals surface area contributed by atoms with Crippen LogP contribution in [0.3, 0.4) is 0 Å². The number of ether oxygens (including phenoxy) is 1. The third-order valence-electron chi connectivity index (χ3n) is 6.24. The van der Waals surface area contributed by atoms with Gasteiger partial charge in [0.1, 0.15) is 6.04 Å². The molecule has 1 aromatic heterocycles. The van der Waals surface area contributed by atoms with E-state index in [0.29, 0.717) is 24.6 Å². The minimum Gasteiger partial charge on any atom is -0.379 e. The molecule has 1 fully saturated rings. The largest absolute Gasteiger partial charge is 0.406 e. The normalized spacial score (nSPS) is 23.6.